The van der Waals surface area contributed by atoms with Crippen LogP contribution in [0.1, 0.15) is 5.69 Å². The van der Waals surface area contributed by atoms with Crippen LogP contribution in [0.15, 0.2) is 42.0 Å². The van der Waals surface area contributed by atoms with Gasteiger partial charge in [-0.3, -0.25) is 0 Å². The number of rotatable bonds is 6. The van der Waals surface area contributed by atoms with Crippen molar-refractivity contribution < 1.29 is 14.4 Å². The zero-order valence-corrected chi connectivity index (χ0v) is 16.9. The van der Waals surface area contributed by atoms with E-state index in [0.29, 0.717) is 0 Å². The highest BCUT2D eigenvalue weighted by Crippen LogP contribution is 2.33. The van der Waals surface area contributed by atoms with Crippen molar-refractivity contribution in [2.24, 2.45) is 0 Å². The van der Waals surface area contributed by atoms with Crippen LogP contribution in [-0.2, 0) is 6.54 Å². The fraction of sp³-hybridized carbons (Fsp3) is 0.350. The molecule has 0 radical (unpaired) electrons. The van der Waals surface area contributed by atoms with Crippen LogP contribution in [-0.4, -0.2) is 55.4 Å². The second kappa shape index (κ2) is 8.53. The van der Waals surface area contributed by atoms with Gasteiger partial charge in [-0.15, -0.1) is 11.3 Å². The first-order chi connectivity index (χ1) is 13.8. The summed E-state index contributed by atoms with van der Waals surface area (Å²) in [6.45, 7) is 4.98. The molecular weight excluding hydrogens is 374 g/mol. The molecule has 1 aliphatic rings. The van der Waals surface area contributed by atoms with E-state index in [1.807, 2.05) is 24.3 Å². The number of piperazine rings is 1. The van der Waals surface area contributed by atoms with Crippen molar-refractivity contribution in [1.82, 2.24) is 15.0 Å². The first-order valence-corrected chi connectivity index (χ1v) is 10.2. The molecule has 28 heavy (non-hydrogen) atoms. The van der Waals surface area contributed by atoms with Gasteiger partial charge in [0.15, 0.2) is 11.5 Å². The number of aromatic nitrogens is 3. The van der Waals surface area contributed by atoms with E-state index in [4.69, 9.17) is 14.5 Å². The van der Waals surface area contributed by atoms with Gasteiger partial charge in [0.1, 0.15) is 17.2 Å². The van der Waals surface area contributed by atoms with E-state index in [1.165, 1.54) is 4.90 Å². The summed E-state index contributed by atoms with van der Waals surface area (Å²) in [6, 6.07) is 7.77. The molecule has 0 spiro atoms. The molecule has 0 bridgehead atoms. The first kappa shape index (κ1) is 18.6. The summed E-state index contributed by atoms with van der Waals surface area (Å²) in [6.07, 6.45) is 3.60. The van der Waals surface area contributed by atoms with E-state index in [2.05, 4.69) is 20.2 Å². The molecule has 1 fully saturated rings. The van der Waals surface area contributed by atoms with E-state index in [0.717, 1.165) is 66.4 Å². The van der Waals surface area contributed by atoms with Gasteiger partial charge < -0.3 is 19.3 Å². The summed E-state index contributed by atoms with van der Waals surface area (Å²) in [4.78, 5) is 17.3. The monoisotopic (exact) mass is 398 g/mol. The zero-order chi connectivity index (χ0) is 19.3. The van der Waals surface area contributed by atoms with Crippen LogP contribution in [0, 0.1) is 0 Å². The SMILES string of the molecule is COc1ccc(-c2nc(C[NH+]3CCN(c4ncccn4)CC3)cs2)cc1OC. The number of benzene rings is 1. The predicted octanol–water partition coefficient (Wildman–Crippen LogP) is 1.52. The topological polar surface area (TPSA) is 64.8 Å². The lowest BCUT2D eigenvalue weighted by atomic mass is 10.2. The minimum absolute atomic E-state index is 0.724. The summed E-state index contributed by atoms with van der Waals surface area (Å²) < 4.78 is 10.7. The molecule has 4 rings (SSSR count). The summed E-state index contributed by atoms with van der Waals surface area (Å²) in [7, 11) is 3.30. The highest BCUT2D eigenvalue weighted by molar-refractivity contribution is 7.13. The zero-order valence-electron chi connectivity index (χ0n) is 16.1. The fourth-order valence-electron chi connectivity index (χ4n) is 3.40. The Morgan fingerprint density at radius 1 is 1.07 bits per heavy atom. The molecule has 146 valence electrons. The molecule has 8 heteroatoms. The lowest BCUT2D eigenvalue weighted by Crippen LogP contribution is -3.13. The molecule has 2 aromatic heterocycles. The van der Waals surface area contributed by atoms with Gasteiger partial charge >= 0.3 is 0 Å². The van der Waals surface area contributed by atoms with E-state index in [-0.39, 0.29) is 0 Å². The molecule has 1 saturated heterocycles. The second-order valence-corrected chi connectivity index (χ2v) is 7.53. The number of hydrogen-bond donors (Lipinski definition) is 1. The van der Waals surface area contributed by atoms with Crippen LogP contribution in [0.4, 0.5) is 5.95 Å². The summed E-state index contributed by atoms with van der Waals surface area (Å²) in [5.74, 6) is 2.28. The number of thiazole rings is 1. The first-order valence-electron chi connectivity index (χ1n) is 9.29. The van der Waals surface area contributed by atoms with Crippen molar-refractivity contribution in [3.8, 4) is 22.1 Å². The molecule has 0 saturated carbocycles. The maximum absolute atomic E-state index is 5.41. The molecular formula is C20H24N5O2S+. The standard InChI is InChI=1S/C20H23N5O2S/c1-26-17-5-4-15(12-18(17)27-2)19-23-16(14-28-19)13-24-8-10-25(11-9-24)20-21-6-3-7-22-20/h3-7,12,14H,8-11,13H2,1-2H3/p+1. The largest absolute Gasteiger partial charge is 0.493 e. The minimum atomic E-state index is 0.724. The van der Waals surface area contributed by atoms with Crippen molar-refractivity contribution in [3.05, 3.63) is 47.7 Å². The van der Waals surface area contributed by atoms with Crippen LogP contribution >= 0.6 is 11.3 Å². The van der Waals surface area contributed by atoms with Crippen molar-refractivity contribution >= 4 is 17.3 Å². The lowest BCUT2D eigenvalue weighted by molar-refractivity contribution is -0.914. The van der Waals surface area contributed by atoms with Crippen molar-refractivity contribution in [1.29, 1.82) is 0 Å². The number of hydrogen-bond acceptors (Lipinski definition) is 7. The van der Waals surface area contributed by atoms with Crippen LogP contribution in [0.5, 0.6) is 11.5 Å². The predicted molar refractivity (Wildman–Crippen MR) is 109 cm³/mol. The molecule has 1 N–H and O–H groups in total. The second-order valence-electron chi connectivity index (χ2n) is 6.68. The van der Waals surface area contributed by atoms with E-state index >= 15 is 0 Å². The number of quaternary nitrogens is 1. The van der Waals surface area contributed by atoms with Gasteiger partial charge in [0.2, 0.25) is 5.95 Å². The van der Waals surface area contributed by atoms with Crippen LogP contribution in [0.25, 0.3) is 10.6 Å². The third kappa shape index (κ3) is 4.07. The summed E-state index contributed by atoms with van der Waals surface area (Å²) in [5.41, 5.74) is 2.18. The number of anilines is 1. The van der Waals surface area contributed by atoms with E-state index in [1.54, 1.807) is 38.0 Å². The van der Waals surface area contributed by atoms with Gasteiger partial charge in [0, 0.05) is 23.3 Å². The minimum Gasteiger partial charge on any atom is -0.493 e. The van der Waals surface area contributed by atoms with Crippen LogP contribution in [0.3, 0.4) is 0 Å². The average Bonchev–Trinajstić information content (AvgIpc) is 3.23. The van der Waals surface area contributed by atoms with Gasteiger partial charge in [0.05, 0.1) is 40.4 Å². The van der Waals surface area contributed by atoms with Gasteiger partial charge in [-0.25, -0.2) is 15.0 Å². The van der Waals surface area contributed by atoms with E-state index in [9.17, 15) is 0 Å². The highest BCUT2D eigenvalue weighted by atomic mass is 32.1. The highest BCUT2D eigenvalue weighted by Gasteiger charge is 2.22. The Bertz CT molecular complexity index is 910. The lowest BCUT2D eigenvalue weighted by Gasteiger charge is -2.31. The molecule has 0 atom stereocenters. The average molecular weight is 399 g/mol. The third-order valence-corrected chi connectivity index (χ3v) is 5.86. The number of nitrogens with zero attached hydrogens (tertiary/aromatic N) is 4. The van der Waals surface area contributed by atoms with E-state index < -0.39 is 0 Å². The van der Waals surface area contributed by atoms with Gasteiger partial charge in [-0.2, -0.15) is 0 Å². The fourth-order valence-corrected chi connectivity index (χ4v) is 4.22. The summed E-state index contributed by atoms with van der Waals surface area (Å²) >= 11 is 1.67. The Kier molecular flexibility index (Phi) is 5.68. The Morgan fingerprint density at radius 3 is 2.54 bits per heavy atom. The molecule has 1 aliphatic heterocycles. The Morgan fingerprint density at radius 2 is 1.82 bits per heavy atom. The molecule has 1 aromatic carbocycles. The Labute approximate surface area is 168 Å². The smallest absolute Gasteiger partial charge is 0.225 e. The maximum atomic E-state index is 5.41. The summed E-state index contributed by atoms with van der Waals surface area (Å²) in [5, 5.41) is 3.16. The molecule has 0 aliphatic carbocycles. The Hall–Kier alpha value is -2.71. The third-order valence-electron chi connectivity index (χ3n) is 4.92. The molecule has 3 aromatic rings. The molecule has 3 heterocycles. The molecule has 0 unspecified atom stereocenters. The number of methoxy groups -OCH3 is 2. The Balaban J connectivity index is 1.38. The quantitative estimate of drug-likeness (QED) is 0.679. The van der Waals surface area contributed by atoms with Crippen molar-refractivity contribution in [2.45, 2.75) is 6.54 Å². The normalized spacial score (nSPS) is 14.9. The molecule has 7 nitrogen and oxygen atoms in total. The van der Waals surface area contributed by atoms with Gasteiger partial charge in [-0.05, 0) is 24.3 Å². The maximum Gasteiger partial charge on any atom is 0.225 e. The van der Waals surface area contributed by atoms with Crippen LogP contribution in [0.2, 0.25) is 0 Å². The van der Waals surface area contributed by atoms with Crippen LogP contribution < -0.4 is 19.3 Å². The van der Waals surface area contributed by atoms with Gasteiger partial charge in [0.25, 0.3) is 0 Å². The number of nitrogens with one attached hydrogen (secondary N) is 1. The van der Waals surface area contributed by atoms with Crippen molar-refractivity contribution in [2.75, 3.05) is 45.3 Å². The van der Waals surface area contributed by atoms with Crippen molar-refractivity contribution in [3.63, 3.8) is 0 Å². The number of ether oxygens (including phenoxy) is 2. The molecule has 0 amide bonds. The van der Waals surface area contributed by atoms with Gasteiger partial charge in [-0.1, -0.05) is 0 Å².